The van der Waals surface area contributed by atoms with Gasteiger partial charge in [-0.3, -0.25) is 0 Å². The Balaban J connectivity index is 2.37. The zero-order valence-corrected chi connectivity index (χ0v) is 11.7. The third kappa shape index (κ3) is 2.80. The van der Waals surface area contributed by atoms with E-state index in [9.17, 15) is 17.9 Å². The van der Waals surface area contributed by atoms with Crippen molar-refractivity contribution >= 4 is 10.0 Å². The number of piperidine rings is 1. The summed E-state index contributed by atoms with van der Waals surface area (Å²) < 4.78 is 39.8. The van der Waals surface area contributed by atoms with Crippen LogP contribution in [0.3, 0.4) is 0 Å². The normalized spacial score (nSPS) is 21.5. The van der Waals surface area contributed by atoms with Crippen LogP contribution < -0.4 is 0 Å². The van der Waals surface area contributed by atoms with Crippen molar-refractivity contribution in [3.8, 4) is 0 Å². The van der Waals surface area contributed by atoms with Gasteiger partial charge in [0, 0.05) is 12.6 Å². The first-order valence-corrected chi connectivity index (χ1v) is 7.79. The van der Waals surface area contributed by atoms with Crippen molar-refractivity contribution in [2.45, 2.75) is 37.1 Å². The number of hydrogen-bond donors (Lipinski definition) is 1. The van der Waals surface area contributed by atoms with Crippen molar-refractivity contribution < 1.29 is 17.9 Å². The third-order valence-corrected chi connectivity index (χ3v) is 5.48. The van der Waals surface area contributed by atoms with Crippen LogP contribution in [-0.2, 0) is 10.0 Å². The van der Waals surface area contributed by atoms with Gasteiger partial charge in [-0.05, 0) is 37.5 Å². The lowest BCUT2D eigenvalue weighted by Crippen LogP contribution is -2.45. The van der Waals surface area contributed by atoms with Crippen LogP contribution in [-0.4, -0.2) is 37.0 Å². The summed E-state index contributed by atoms with van der Waals surface area (Å²) in [5.41, 5.74) is 0.413. The number of rotatable bonds is 3. The molecule has 106 valence electrons. The van der Waals surface area contributed by atoms with Crippen LogP contribution in [0.2, 0.25) is 0 Å². The van der Waals surface area contributed by atoms with E-state index in [1.807, 2.05) is 0 Å². The molecule has 4 nitrogen and oxygen atoms in total. The van der Waals surface area contributed by atoms with Gasteiger partial charge in [0.15, 0.2) is 0 Å². The highest BCUT2D eigenvalue weighted by molar-refractivity contribution is 7.89. The summed E-state index contributed by atoms with van der Waals surface area (Å²) in [4.78, 5) is -0.0454. The van der Waals surface area contributed by atoms with Gasteiger partial charge in [0.2, 0.25) is 10.0 Å². The van der Waals surface area contributed by atoms with Gasteiger partial charge in [-0.25, -0.2) is 12.8 Å². The van der Waals surface area contributed by atoms with Crippen LogP contribution in [0.5, 0.6) is 0 Å². The molecule has 0 saturated carbocycles. The van der Waals surface area contributed by atoms with Gasteiger partial charge >= 0.3 is 0 Å². The molecule has 1 aliphatic rings. The van der Waals surface area contributed by atoms with Gasteiger partial charge < -0.3 is 5.11 Å². The summed E-state index contributed by atoms with van der Waals surface area (Å²) in [7, 11) is -3.73. The maximum Gasteiger partial charge on any atom is 0.243 e. The summed E-state index contributed by atoms with van der Waals surface area (Å²) in [5.74, 6) is -0.529. The van der Waals surface area contributed by atoms with Crippen LogP contribution in [0.25, 0.3) is 0 Å². The molecule has 1 atom stereocenters. The molecule has 0 amide bonds. The number of aliphatic hydroxyl groups is 1. The second kappa shape index (κ2) is 5.56. The SMILES string of the molecule is Cc1ccc(S(=O)(=O)N2CCCCC2CO)cc1F. The van der Waals surface area contributed by atoms with Crippen molar-refractivity contribution in [1.29, 1.82) is 0 Å². The minimum absolute atomic E-state index is 0.0454. The average molecular weight is 287 g/mol. The second-order valence-electron chi connectivity index (χ2n) is 4.86. The zero-order chi connectivity index (χ0) is 14.0. The summed E-state index contributed by atoms with van der Waals surface area (Å²) in [6.45, 7) is 1.76. The number of halogens is 1. The molecule has 0 radical (unpaired) electrons. The smallest absolute Gasteiger partial charge is 0.243 e. The minimum atomic E-state index is -3.73. The predicted octanol–water partition coefficient (Wildman–Crippen LogP) is 1.67. The molecule has 0 aromatic heterocycles. The molecule has 0 bridgehead atoms. The van der Waals surface area contributed by atoms with Gasteiger partial charge in [-0.2, -0.15) is 4.31 Å². The van der Waals surface area contributed by atoms with E-state index in [2.05, 4.69) is 0 Å². The second-order valence-corrected chi connectivity index (χ2v) is 6.75. The Kier molecular flexibility index (Phi) is 4.23. The molecule has 0 aliphatic carbocycles. The number of benzene rings is 1. The average Bonchev–Trinajstić information content (AvgIpc) is 2.41. The van der Waals surface area contributed by atoms with Crippen molar-refractivity contribution in [2.75, 3.05) is 13.2 Å². The molecular weight excluding hydrogens is 269 g/mol. The maximum atomic E-state index is 13.5. The first-order chi connectivity index (χ1) is 8.96. The van der Waals surface area contributed by atoms with Gasteiger partial charge in [-0.1, -0.05) is 12.5 Å². The van der Waals surface area contributed by atoms with Crippen molar-refractivity contribution in [3.63, 3.8) is 0 Å². The van der Waals surface area contributed by atoms with E-state index in [4.69, 9.17) is 0 Å². The molecule has 1 aromatic rings. The van der Waals surface area contributed by atoms with E-state index in [0.29, 0.717) is 18.5 Å². The van der Waals surface area contributed by atoms with Crippen LogP contribution in [0.15, 0.2) is 23.1 Å². The molecule has 0 spiro atoms. The first kappa shape index (κ1) is 14.4. The molecule has 19 heavy (non-hydrogen) atoms. The lowest BCUT2D eigenvalue weighted by molar-refractivity contribution is 0.155. The lowest BCUT2D eigenvalue weighted by Gasteiger charge is -2.33. The van der Waals surface area contributed by atoms with Crippen molar-refractivity contribution in [1.82, 2.24) is 4.31 Å². The van der Waals surface area contributed by atoms with Crippen LogP contribution in [0, 0.1) is 12.7 Å². The highest BCUT2D eigenvalue weighted by Crippen LogP contribution is 2.26. The van der Waals surface area contributed by atoms with E-state index in [0.717, 1.165) is 18.9 Å². The Morgan fingerprint density at radius 2 is 2.16 bits per heavy atom. The third-order valence-electron chi connectivity index (χ3n) is 3.53. The Labute approximate surface area is 112 Å². The molecule has 1 heterocycles. The van der Waals surface area contributed by atoms with E-state index < -0.39 is 21.9 Å². The first-order valence-electron chi connectivity index (χ1n) is 6.35. The van der Waals surface area contributed by atoms with Crippen molar-refractivity contribution in [3.05, 3.63) is 29.6 Å². The highest BCUT2D eigenvalue weighted by atomic mass is 32.2. The Hall–Kier alpha value is -0.980. The monoisotopic (exact) mass is 287 g/mol. The fraction of sp³-hybridized carbons (Fsp3) is 0.538. The molecule has 6 heteroatoms. The number of aryl methyl sites for hydroxylation is 1. The van der Waals surface area contributed by atoms with Crippen LogP contribution >= 0.6 is 0 Å². The van der Waals surface area contributed by atoms with Gasteiger partial charge in [0.25, 0.3) is 0 Å². The number of aliphatic hydroxyl groups excluding tert-OH is 1. The van der Waals surface area contributed by atoms with Crippen molar-refractivity contribution in [2.24, 2.45) is 0 Å². The molecule has 1 aliphatic heterocycles. The summed E-state index contributed by atoms with van der Waals surface area (Å²) in [6, 6.07) is 3.52. The molecule has 1 unspecified atom stereocenters. The highest BCUT2D eigenvalue weighted by Gasteiger charge is 2.33. The van der Waals surface area contributed by atoms with E-state index >= 15 is 0 Å². The van der Waals surface area contributed by atoms with Crippen LogP contribution in [0.1, 0.15) is 24.8 Å². The molecular formula is C13H18FNO3S. The molecule has 1 aromatic carbocycles. The Morgan fingerprint density at radius 1 is 1.42 bits per heavy atom. The number of sulfonamides is 1. The minimum Gasteiger partial charge on any atom is -0.395 e. The van der Waals surface area contributed by atoms with Gasteiger partial charge in [0.05, 0.1) is 11.5 Å². The molecule has 1 saturated heterocycles. The Bertz CT molecular complexity index is 559. The van der Waals surface area contributed by atoms with E-state index in [1.165, 1.54) is 16.4 Å². The summed E-state index contributed by atoms with van der Waals surface area (Å²) in [6.07, 6.45) is 2.31. The molecule has 1 N–H and O–H groups in total. The summed E-state index contributed by atoms with van der Waals surface area (Å²) >= 11 is 0. The lowest BCUT2D eigenvalue weighted by atomic mass is 10.1. The Morgan fingerprint density at radius 3 is 2.79 bits per heavy atom. The van der Waals surface area contributed by atoms with E-state index in [-0.39, 0.29) is 11.5 Å². The zero-order valence-electron chi connectivity index (χ0n) is 10.8. The van der Waals surface area contributed by atoms with E-state index in [1.54, 1.807) is 6.92 Å². The fourth-order valence-corrected chi connectivity index (χ4v) is 4.04. The quantitative estimate of drug-likeness (QED) is 0.920. The van der Waals surface area contributed by atoms with Gasteiger partial charge in [-0.15, -0.1) is 0 Å². The van der Waals surface area contributed by atoms with Crippen LogP contribution in [0.4, 0.5) is 4.39 Å². The molecule has 1 fully saturated rings. The maximum absolute atomic E-state index is 13.5. The standard InChI is InChI=1S/C13H18FNO3S/c1-10-5-6-12(8-13(10)14)19(17,18)15-7-3-2-4-11(15)9-16/h5-6,8,11,16H,2-4,7,9H2,1H3. The van der Waals surface area contributed by atoms with Gasteiger partial charge in [0.1, 0.15) is 5.82 Å². The number of nitrogens with zero attached hydrogens (tertiary/aromatic N) is 1. The largest absolute Gasteiger partial charge is 0.395 e. The predicted molar refractivity (Wildman–Crippen MR) is 69.8 cm³/mol. The number of hydrogen-bond acceptors (Lipinski definition) is 3. The fourth-order valence-electron chi connectivity index (χ4n) is 2.34. The topological polar surface area (TPSA) is 57.6 Å². The molecule has 2 rings (SSSR count). The summed E-state index contributed by atoms with van der Waals surface area (Å²) in [5, 5.41) is 9.29.